The minimum Gasteiger partial charge on any atom is -0.319 e. The first-order valence-electron chi connectivity index (χ1n) is 8.84. The molecule has 6 nitrogen and oxygen atoms in total. The van der Waals surface area contributed by atoms with Crippen molar-refractivity contribution >= 4 is 23.5 Å². The SMILES string of the molecule is C=CCN(C(=O)CN1C(=O)NC(C)(c2ccc(F)c(F)c2)C1=O)c1ccccc1. The standard InChI is InChI=1S/C21H19F2N3O3/c1-3-11-25(15-7-5-4-6-8-15)18(27)13-26-19(28)21(2,24-20(26)29)14-9-10-16(22)17(23)12-14/h3-10,12H,1,11,13H2,2H3,(H,24,29). The van der Waals surface area contributed by atoms with Crippen LogP contribution in [-0.4, -0.2) is 35.8 Å². The van der Waals surface area contributed by atoms with Gasteiger partial charge in [-0.05, 0) is 36.8 Å². The van der Waals surface area contributed by atoms with Crippen molar-refractivity contribution in [3.63, 3.8) is 0 Å². The maximum Gasteiger partial charge on any atom is 0.325 e. The Bertz CT molecular complexity index is 980. The fourth-order valence-electron chi connectivity index (χ4n) is 3.15. The molecule has 2 aromatic carbocycles. The van der Waals surface area contributed by atoms with Crippen molar-refractivity contribution < 1.29 is 23.2 Å². The molecule has 0 aliphatic carbocycles. The molecule has 1 fully saturated rings. The molecule has 0 aromatic heterocycles. The monoisotopic (exact) mass is 399 g/mol. The smallest absolute Gasteiger partial charge is 0.319 e. The van der Waals surface area contributed by atoms with Gasteiger partial charge in [-0.2, -0.15) is 0 Å². The zero-order valence-electron chi connectivity index (χ0n) is 15.7. The van der Waals surface area contributed by atoms with Crippen molar-refractivity contribution in [2.45, 2.75) is 12.5 Å². The van der Waals surface area contributed by atoms with Crippen LogP contribution in [0.3, 0.4) is 0 Å². The van der Waals surface area contributed by atoms with Crippen LogP contribution in [0, 0.1) is 11.6 Å². The topological polar surface area (TPSA) is 69.7 Å². The van der Waals surface area contributed by atoms with Crippen LogP contribution in [0.4, 0.5) is 19.3 Å². The summed E-state index contributed by atoms with van der Waals surface area (Å²) in [6, 6.07) is 10.9. The summed E-state index contributed by atoms with van der Waals surface area (Å²) in [7, 11) is 0. The van der Waals surface area contributed by atoms with E-state index >= 15 is 0 Å². The number of hydrogen-bond acceptors (Lipinski definition) is 3. The first kappa shape index (κ1) is 20.2. The van der Waals surface area contributed by atoms with Gasteiger partial charge >= 0.3 is 6.03 Å². The van der Waals surface area contributed by atoms with Crippen LogP contribution in [0.25, 0.3) is 0 Å². The molecule has 0 bridgehead atoms. The third-order valence-corrected chi connectivity index (χ3v) is 4.75. The van der Waals surface area contributed by atoms with Crippen molar-refractivity contribution in [3.8, 4) is 0 Å². The van der Waals surface area contributed by atoms with E-state index in [0.717, 1.165) is 17.0 Å². The van der Waals surface area contributed by atoms with E-state index in [1.807, 2.05) is 0 Å². The summed E-state index contributed by atoms with van der Waals surface area (Å²) in [6.45, 7) is 4.69. The fourth-order valence-corrected chi connectivity index (χ4v) is 3.15. The Balaban J connectivity index is 1.84. The van der Waals surface area contributed by atoms with Crippen LogP contribution in [0.2, 0.25) is 0 Å². The molecule has 2 aromatic rings. The van der Waals surface area contributed by atoms with Gasteiger partial charge in [-0.25, -0.2) is 13.6 Å². The summed E-state index contributed by atoms with van der Waals surface area (Å²) in [5.74, 6) is -3.42. The van der Waals surface area contributed by atoms with E-state index in [1.54, 1.807) is 30.3 Å². The number of carbonyl (C=O) groups is 3. The lowest BCUT2D eigenvalue weighted by atomic mass is 9.92. The molecule has 0 radical (unpaired) electrons. The van der Waals surface area contributed by atoms with E-state index < -0.39 is 41.6 Å². The summed E-state index contributed by atoms with van der Waals surface area (Å²) in [5, 5.41) is 2.47. The second kappa shape index (κ2) is 7.83. The normalized spacial score (nSPS) is 18.5. The summed E-state index contributed by atoms with van der Waals surface area (Å²) in [6.07, 6.45) is 1.53. The largest absolute Gasteiger partial charge is 0.325 e. The molecular formula is C21H19F2N3O3. The Morgan fingerprint density at radius 2 is 1.86 bits per heavy atom. The Labute approximate surface area is 166 Å². The molecule has 1 aliphatic heterocycles. The Kier molecular flexibility index (Phi) is 5.45. The highest BCUT2D eigenvalue weighted by Gasteiger charge is 2.50. The lowest BCUT2D eigenvalue weighted by Crippen LogP contribution is -2.44. The molecule has 1 aliphatic rings. The number of hydrogen-bond donors (Lipinski definition) is 1. The Morgan fingerprint density at radius 3 is 2.48 bits per heavy atom. The maximum absolute atomic E-state index is 13.6. The molecule has 1 unspecified atom stereocenters. The van der Waals surface area contributed by atoms with Gasteiger partial charge in [0.1, 0.15) is 12.1 Å². The van der Waals surface area contributed by atoms with Gasteiger partial charge in [0.25, 0.3) is 5.91 Å². The number of amides is 4. The Hall–Kier alpha value is -3.55. The number of carbonyl (C=O) groups excluding carboxylic acids is 3. The van der Waals surface area contributed by atoms with Gasteiger partial charge < -0.3 is 10.2 Å². The zero-order valence-corrected chi connectivity index (χ0v) is 15.7. The van der Waals surface area contributed by atoms with E-state index in [2.05, 4.69) is 11.9 Å². The zero-order chi connectivity index (χ0) is 21.2. The number of nitrogens with one attached hydrogen (secondary N) is 1. The maximum atomic E-state index is 13.6. The lowest BCUT2D eigenvalue weighted by Gasteiger charge is -2.25. The number of para-hydroxylation sites is 1. The molecule has 1 atom stereocenters. The van der Waals surface area contributed by atoms with E-state index in [0.29, 0.717) is 5.69 Å². The first-order valence-corrected chi connectivity index (χ1v) is 8.84. The van der Waals surface area contributed by atoms with E-state index in [-0.39, 0.29) is 12.1 Å². The highest BCUT2D eigenvalue weighted by molar-refractivity contribution is 6.10. The second-order valence-electron chi connectivity index (χ2n) is 6.70. The molecule has 1 saturated heterocycles. The van der Waals surface area contributed by atoms with Crippen molar-refractivity contribution in [1.82, 2.24) is 10.2 Å². The van der Waals surface area contributed by atoms with Crippen molar-refractivity contribution in [1.29, 1.82) is 0 Å². The van der Waals surface area contributed by atoms with Crippen molar-refractivity contribution in [2.75, 3.05) is 18.0 Å². The minimum atomic E-state index is -1.61. The van der Waals surface area contributed by atoms with E-state index in [9.17, 15) is 23.2 Å². The van der Waals surface area contributed by atoms with Crippen LogP contribution in [0.15, 0.2) is 61.2 Å². The van der Waals surface area contributed by atoms with Gasteiger partial charge in [0.15, 0.2) is 11.6 Å². The second-order valence-corrected chi connectivity index (χ2v) is 6.70. The molecular weight excluding hydrogens is 380 g/mol. The molecule has 1 N–H and O–H groups in total. The Morgan fingerprint density at radius 1 is 1.17 bits per heavy atom. The minimum absolute atomic E-state index is 0.0794. The van der Waals surface area contributed by atoms with Crippen LogP contribution in [-0.2, 0) is 15.1 Å². The predicted octanol–water partition coefficient (Wildman–Crippen LogP) is 2.95. The number of benzene rings is 2. The molecule has 0 spiro atoms. The third-order valence-electron chi connectivity index (χ3n) is 4.75. The summed E-state index contributed by atoms with van der Waals surface area (Å²) in [5.41, 5.74) is -0.939. The van der Waals surface area contributed by atoms with Gasteiger partial charge in [-0.15, -0.1) is 6.58 Å². The number of urea groups is 1. The summed E-state index contributed by atoms with van der Waals surface area (Å²) in [4.78, 5) is 40.3. The molecule has 150 valence electrons. The van der Waals surface area contributed by atoms with Gasteiger partial charge in [0.2, 0.25) is 5.91 Å². The molecule has 3 rings (SSSR count). The quantitative estimate of drug-likeness (QED) is 0.600. The average Bonchev–Trinajstić information content (AvgIpc) is 2.92. The highest BCUT2D eigenvalue weighted by Crippen LogP contribution is 2.30. The van der Waals surface area contributed by atoms with Gasteiger partial charge in [0, 0.05) is 12.2 Å². The van der Waals surface area contributed by atoms with Crippen LogP contribution < -0.4 is 10.2 Å². The predicted molar refractivity (Wildman–Crippen MR) is 103 cm³/mol. The van der Waals surface area contributed by atoms with Crippen LogP contribution in [0.5, 0.6) is 0 Å². The number of nitrogens with zero attached hydrogens (tertiary/aromatic N) is 2. The molecule has 0 saturated carbocycles. The highest BCUT2D eigenvalue weighted by atomic mass is 19.2. The van der Waals surface area contributed by atoms with E-state index in [4.69, 9.17) is 0 Å². The van der Waals surface area contributed by atoms with Gasteiger partial charge in [-0.1, -0.05) is 30.3 Å². The number of anilines is 1. The number of imide groups is 1. The number of halogens is 2. The van der Waals surface area contributed by atoms with E-state index in [1.165, 1.54) is 24.0 Å². The average molecular weight is 399 g/mol. The van der Waals surface area contributed by atoms with Gasteiger partial charge in [-0.3, -0.25) is 14.5 Å². The number of rotatable bonds is 6. The van der Waals surface area contributed by atoms with Crippen molar-refractivity contribution in [3.05, 3.63) is 78.4 Å². The molecule has 29 heavy (non-hydrogen) atoms. The van der Waals surface area contributed by atoms with Crippen molar-refractivity contribution in [2.24, 2.45) is 0 Å². The molecule has 1 heterocycles. The first-order chi connectivity index (χ1) is 13.8. The van der Waals surface area contributed by atoms with Crippen LogP contribution >= 0.6 is 0 Å². The summed E-state index contributed by atoms with van der Waals surface area (Å²) >= 11 is 0. The fraction of sp³-hybridized carbons (Fsp3) is 0.190. The molecule has 8 heteroatoms. The summed E-state index contributed by atoms with van der Waals surface area (Å²) < 4.78 is 26.9. The third kappa shape index (κ3) is 3.73. The van der Waals surface area contributed by atoms with Gasteiger partial charge in [0.05, 0.1) is 0 Å². The van der Waals surface area contributed by atoms with Crippen LogP contribution in [0.1, 0.15) is 12.5 Å². The lowest BCUT2D eigenvalue weighted by molar-refractivity contribution is -0.134. The molecule has 4 amide bonds.